The smallest absolute Gasteiger partial charge is 0.325 e. The van der Waals surface area contributed by atoms with Gasteiger partial charge >= 0.3 is 5.97 Å². The normalized spacial score (nSPS) is 16.3. The minimum Gasteiger partial charge on any atom is -0.480 e. The van der Waals surface area contributed by atoms with Crippen molar-refractivity contribution in [3.63, 3.8) is 0 Å². The molecule has 0 saturated carbocycles. The van der Waals surface area contributed by atoms with E-state index >= 15 is 0 Å². The van der Waals surface area contributed by atoms with Crippen molar-refractivity contribution in [1.82, 2.24) is 10.2 Å². The highest BCUT2D eigenvalue weighted by molar-refractivity contribution is 8.26. The molecule has 0 radical (unpaired) electrons. The second-order valence-electron chi connectivity index (χ2n) is 6.08. The van der Waals surface area contributed by atoms with Crippen LogP contribution in [0.15, 0.2) is 45.7 Å². The molecule has 2 aromatic rings. The van der Waals surface area contributed by atoms with Gasteiger partial charge in [-0.15, -0.1) is 0 Å². The number of carboxylic acid groups (broad SMARTS) is 1. The number of rotatable bonds is 6. The number of amides is 2. The molecule has 29 heavy (non-hydrogen) atoms. The van der Waals surface area contributed by atoms with Gasteiger partial charge in [-0.1, -0.05) is 47.7 Å². The fraction of sp³-hybridized carbons (Fsp3) is 0.158. The zero-order chi connectivity index (χ0) is 21.1. The maximum absolute atomic E-state index is 12.6. The zero-order valence-electron chi connectivity index (χ0n) is 15.0. The molecule has 0 unspecified atom stereocenters. The number of benzene rings is 1. The summed E-state index contributed by atoms with van der Waals surface area (Å²) in [6.45, 7) is 0.973. The van der Waals surface area contributed by atoms with Crippen LogP contribution in [0, 0.1) is 0 Å². The summed E-state index contributed by atoms with van der Waals surface area (Å²) < 4.78 is 5.96. The lowest BCUT2D eigenvalue weighted by atomic mass is 10.2. The summed E-state index contributed by atoms with van der Waals surface area (Å²) in [7, 11) is 0. The van der Waals surface area contributed by atoms with Gasteiger partial charge in [-0.3, -0.25) is 19.3 Å². The Bertz CT molecular complexity index is 1030. The Hall–Kier alpha value is -2.62. The largest absolute Gasteiger partial charge is 0.480 e. The van der Waals surface area contributed by atoms with Gasteiger partial charge in [-0.25, -0.2) is 0 Å². The van der Waals surface area contributed by atoms with Gasteiger partial charge in [0.2, 0.25) is 5.91 Å². The highest BCUT2D eigenvalue weighted by atomic mass is 35.5. The Morgan fingerprint density at radius 1 is 1.34 bits per heavy atom. The van der Waals surface area contributed by atoms with E-state index in [2.05, 4.69) is 5.32 Å². The number of carbonyl (C=O) groups excluding carboxylic acids is 2. The average molecular weight is 451 g/mol. The number of carboxylic acids is 1. The lowest BCUT2D eigenvalue weighted by Crippen LogP contribution is -2.45. The van der Waals surface area contributed by atoms with Gasteiger partial charge in [0.25, 0.3) is 5.91 Å². The van der Waals surface area contributed by atoms with E-state index in [0.29, 0.717) is 21.4 Å². The van der Waals surface area contributed by atoms with Crippen molar-refractivity contribution in [2.24, 2.45) is 0 Å². The van der Waals surface area contributed by atoms with Crippen LogP contribution in [0.5, 0.6) is 0 Å². The molecule has 0 aliphatic carbocycles. The first kappa shape index (κ1) is 21.1. The van der Waals surface area contributed by atoms with Crippen molar-refractivity contribution < 1.29 is 23.9 Å². The van der Waals surface area contributed by atoms with Gasteiger partial charge in [-0.05, 0) is 31.2 Å². The Balaban J connectivity index is 1.73. The predicted octanol–water partition coefficient (Wildman–Crippen LogP) is 3.39. The van der Waals surface area contributed by atoms with Crippen LogP contribution in [-0.4, -0.2) is 44.7 Å². The Morgan fingerprint density at radius 3 is 2.76 bits per heavy atom. The van der Waals surface area contributed by atoms with Gasteiger partial charge in [0, 0.05) is 11.6 Å². The van der Waals surface area contributed by atoms with E-state index in [0.717, 1.165) is 22.2 Å². The summed E-state index contributed by atoms with van der Waals surface area (Å²) in [5.74, 6) is -1.25. The molecule has 150 valence electrons. The van der Waals surface area contributed by atoms with Gasteiger partial charge < -0.3 is 14.8 Å². The Kier molecular flexibility index (Phi) is 6.41. The summed E-state index contributed by atoms with van der Waals surface area (Å²) >= 11 is 12.4. The number of hydrogen-bond acceptors (Lipinski definition) is 6. The third-order valence-electron chi connectivity index (χ3n) is 3.96. The number of hydrogen-bond donors (Lipinski definition) is 2. The molecule has 1 fully saturated rings. The molecule has 2 N–H and O–H groups in total. The number of nitrogens with zero attached hydrogens (tertiary/aromatic N) is 1. The van der Waals surface area contributed by atoms with Crippen LogP contribution in [0.2, 0.25) is 5.02 Å². The lowest BCUT2D eigenvalue weighted by molar-refractivity contribution is -0.141. The number of halogens is 1. The molecule has 1 aliphatic heterocycles. The molecular weight excluding hydrogens is 436 g/mol. The topological polar surface area (TPSA) is 99.9 Å². The molecule has 0 bridgehead atoms. The highest BCUT2D eigenvalue weighted by Gasteiger charge is 2.34. The molecule has 2 amide bonds. The summed E-state index contributed by atoms with van der Waals surface area (Å²) in [4.78, 5) is 36.8. The van der Waals surface area contributed by atoms with Crippen molar-refractivity contribution in [2.75, 3.05) is 6.54 Å². The maximum Gasteiger partial charge on any atom is 0.325 e. The number of aliphatic carboxylic acids is 1. The molecular formula is C19H15ClN2O5S2. The first-order chi connectivity index (χ1) is 13.8. The second-order valence-corrected chi connectivity index (χ2v) is 8.16. The van der Waals surface area contributed by atoms with Crippen molar-refractivity contribution in [3.05, 3.63) is 52.1 Å². The summed E-state index contributed by atoms with van der Waals surface area (Å²) in [5, 5.41) is 11.7. The first-order valence-corrected chi connectivity index (χ1v) is 9.99. The predicted molar refractivity (Wildman–Crippen MR) is 114 cm³/mol. The minimum absolute atomic E-state index is 0.206. The lowest BCUT2D eigenvalue weighted by Gasteiger charge is -2.15. The third kappa shape index (κ3) is 4.87. The van der Waals surface area contributed by atoms with E-state index in [1.54, 1.807) is 18.2 Å². The first-order valence-electron chi connectivity index (χ1n) is 8.38. The fourth-order valence-electron chi connectivity index (χ4n) is 2.49. The van der Waals surface area contributed by atoms with Crippen LogP contribution in [0.25, 0.3) is 17.4 Å². The molecule has 1 aliphatic rings. The van der Waals surface area contributed by atoms with Gasteiger partial charge in [-0.2, -0.15) is 0 Å². The van der Waals surface area contributed by atoms with E-state index in [4.69, 9.17) is 33.3 Å². The van der Waals surface area contributed by atoms with Gasteiger partial charge in [0.1, 0.15) is 28.4 Å². The number of thioether (sulfide) groups is 1. The standard InChI is InChI=1S/C19H15ClN2O5S2/c1-10(18(25)26)21-16(23)9-22-17(24)15(29-19(22)28)8-11-6-7-14(27-11)12-4-2-3-5-13(12)20/h2-8,10H,9H2,1H3,(H,21,23)(H,25,26)/b15-8+/t10-/m0/s1. The Labute approximate surface area is 180 Å². The molecule has 3 rings (SSSR count). The van der Waals surface area contributed by atoms with Crippen molar-refractivity contribution in [2.45, 2.75) is 13.0 Å². The summed E-state index contributed by atoms with van der Waals surface area (Å²) in [6, 6.07) is 9.60. The zero-order valence-corrected chi connectivity index (χ0v) is 17.4. The SMILES string of the molecule is C[C@H](NC(=O)CN1C(=O)/C(=C\c2ccc(-c3ccccc3Cl)o2)SC1=S)C(=O)O. The fourth-order valence-corrected chi connectivity index (χ4v) is 3.96. The van der Waals surface area contributed by atoms with Crippen molar-refractivity contribution in [3.8, 4) is 11.3 Å². The number of nitrogens with one attached hydrogen (secondary N) is 1. The van der Waals surface area contributed by atoms with E-state index in [1.807, 2.05) is 18.2 Å². The molecule has 1 aromatic carbocycles. The second kappa shape index (κ2) is 8.81. The number of thiocarbonyl (C=S) groups is 1. The number of carbonyl (C=O) groups is 3. The molecule has 1 saturated heterocycles. The van der Waals surface area contributed by atoms with E-state index in [9.17, 15) is 14.4 Å². The molecule has 1 atom stereocenters. The third-order valence-corrected chi connectivity index (χ3v) is 5.67. The molecule has 2 heterocycles. The molecule has 0 spiro atoms. The molecule has 1 aromatic heterocycles. The Morgan fingerprint density at radius 2 is 2.07 bits per heavy atom. The quantitative estimate of drug-likeness (QED) is 0.514. The number of furan rings is 1. The van der Waals surface area contributed by atoms with E-state index in [-0.39, 0.29) is 10.9 Å². The van der Waals surface area contributed by atoms with Gasteiger partial charge in [0.05, 0.1) is 9.93 Å². The maximum atomic E-state index is 12.6. The van der Waals surface area contributed by atoms with Crippen molar-refractivity contribution >= 4 is 63.8 Å². The summed E-state index contributed by atoms with van der Waals surface area (Å²) in [6.07, 6.45) is 1.54. The van der Waals surface area contributed by atoms with Crippen LogP contribution in [0.3, 0.4) is 0 Å². The van der Waals surface area contributed by atoms with Crippen LogP contribution < -0.4 is 5.32 Å². The van der Waals surface area contributed by atoms with Crippen LogP contribution in [0.4, 0.5) is 0 Å². The van der Waals surface area contributed by atoms with Crippen LogP contribution in [-0.2, 0) is 14.4 Å². The monoisotopic (exact) mass is 450 g/mol. The molecule has 7 nitrogen and oxygen atoms in total. The summed E-state index contributed by atoms with van der Waals surface area (Å²) in [5.41, 5.74) is 0.727. The van der Waals surface area contributed by atoms with E-state index in [1.165, 1.54) is 13.0 Å². The molecule has 10 heteroatoms. The van der Waals surface area contributed by atoms with Crippen molar-refractivity contribution in [1.29, 1.82) is 0 Å². The average Bonchev–Trinajstić information content (AvgIpc) is 3.22. The van der Waals surface area contributed by atoms with Crippen LogP contribution >= 0.6 is 35.6 Å². The highest BCUT2D eigenvalue weighted by Crippen LogP contribution is 2.34. The van der Waals surface area contributed by atoms with Crippen LogP contribution in [0.1, 0.15) is 12.7 Å². The minimum atomic E-state index is -1.17. The van der Waals surface area contributed by atoms with E-state index < -0.39 is 23.8 Å². The van der Waals surface area contributed by atoms with Gasteiger partial charge in [0.15, 0.2) is 0 Å².